The summed E-state index contributed by atoms with van der Waals surface area (Å²) in [6.45, 7) is 7.20. The van der Waals surface area contributed by atoms with Gasteiger partial charge in [-0.05, 0) is 31.6 Å². The maximum Gasteiger partial charge on any atom is 0.274 e. The first-order valence-corrected chi connectivity index (χ1v) is 7.05. The first-order valence-electron chi connectivity index (χ1n) is 7.05. The number of anilines is 1. The van der Waals surface area contributed by atoms with E-state index in [2.05, 4.69) is 24.3 Å². The fraction of sp³-hybridized carbons (Fsp3) is 0.714. The zero-order valence-corrected chi connectivity index (χ0v) is 12.1. The molecule has 1 fully saturated rings. The highest BCUT2D eigenvalue weighted by atomic mass is 16.2. The van der Waals surface area contributed by atoms with Crippen molar-refractivity contribution < 1.29 is 4.79 Å². The van der Waals surface area contributed by atoms with Crippen molar-refractivity contribution in [3.05, 3.63) is 11.9 Å². The standard InChI is InChI=1S/C14H24N4O/c1-4-18-9-11(15)12(17-18)13(19)16-10-6-5-7-14(2,3)8-10/h9-10H,4-8,15H2,1-3H3,(H,16,19). The summed E-state index contributed by atoms with van der Waals surface area (Å²) >= 11 is 0. The van der Waals surface area contributed by atoms with Crippen LogP contribution in [-0.2, 0) is 6.54 Å². The molecule has 1 aliphatic carbocycles. The largest absolute Gasteiger partial charge is 0.396 e. The average molecular weight is 264 g/mol. The molecule has 5 heteroatoms. The summed E-state index contributed by atoms with van der Waals surface area (Å²) in [5, 5.41) is 7.28. The molecule has 1 saturated carbocycles. The quantitative estimate of drug-likeness (QED) is 0.879. The third-order valence-corrected chi connectivity index (χ3v) is 3.87. The minimum atomic E-state index is -0.146. The Bertz CT molecular complexity index is 464. The molecular formula is C14H24N4O. The molecule has 1 heterocycles. The molecule has 1 amide bonds. The summed E-state index contributed by atoms with van der Waals surface area (Å²) in [4.78, 5) is 12.2. The van der Waals surface area contributed by atoms with Crippen LogP contribution in [0.4, 0.5) is 5.69 Å². The lowest BCUT2D eigenvalue weighted by molar-refractivity contribution is 0.0897. The van der Waals surface area contributed by atoms with E-state index < -0.39 is 0 Å². The lowest BCUT2D eigenvalue weighted by Crippen LogP contribution is -2.41. The van der Waals surface area contributed by atoms with Crippen molar-refractivity contribution in [2.75, 3.05) is 5.73 Å². The van der Waals surface area contributed by atoms with Gasteiger partial charge in [-0.3, -0.25) is 9.48 Å². The van der Waals surface area contributed by atoms with E-state index in [-0.39, 0.29) is 11.9 Å². The van der Waals surface area contributed by atoms with Gasteiger partial charge in [0.05, 0.1) is 5.69 Å². The van der Waals surface area contributed by atoms with Gasteiger partial charge in [0.2, 0.25) is 0 Å². The van der Waals surface area contributed by atoms with Gasteiger partial charge in [0.25, 0.3) is 5.91 Å². The van der Waals surface area contributed by atoms with Crippen molar-refractivity contribution in [2.45, 2.75) is 59.0 Å². The number of nitrogens with zero attached hydrogens (tertiary/aromatic N) is 2. The topological polar surface area (TPSA) is 72.9 Å². The molecule has 1 aliphatic rings. The van der Waals surface area contributed by atoms with Gasteiger partial charge in [-0.15, -0.1) is 0 Å². The predicted molar refractivity (Wildman–Crippen MR) is 75.8 cm³/mol. The maximum atomic E-state index is 12.2. The SMILES string of the molecule is CCn1cc(N)c(C(=O)NC2CCCC(C)(C)C2)n1. The molecule has 1 atom stereocenters. The molecule has 0 spiro atoms. The molecule has 2 rings (SSSR count). The number of amides is 1. The van der Waals surface area contributed by atoms with Gasteiger partial charge in [-0.1, -0.05) is 20.3 Å². The van der Waals surface area contributed by atoms with Gasteiger partial charge < -0.3 is 11.1 Å². The summed E-state index contributed by atoms with van der Waals surface area (Å²) in [6, 6.07) is 0.238. The van der Waals surface area contributed by atoms with Crippen molar-refractivity contribution in [1.82, 2.24) is 15.1 Å². The Morgan fingerprint density at radius 3 is 2.95 bits per heavy atom. The number of nitrogens with two attached hydrogens (primary N) is 1. The predicted octanol–water partition coefficient (Wildman–Crippen LogP) is 2.18. The van der Waals surface area contributed by atoms with Crippen molar-refractivity contribution in [3.63, 3.8) is 0 Å². The van der Waals surface area contributed by atoms with Gasteiger partial charge in [0.1, 0.15) is 0 Å². The number of hydrogen-bond donors (Lipinski definition) is 2. The summed E-state index contributed by atoms with van der Waals surface area (Å²) in [6.07, 6.45) is 6.17. The van der Waals surface area contributed by atoms with Crippen molar-refractivity contribution in [3.8, 4) is 0 Å². The number of hydrogen-bond acceptors (Lipinski definition) is 3. The highest BCUT2D eigenvalue weighted by molar-refractivity contribution is 5.97. The number of aromatic nitrogens is 2. The average Bonchev–Trinajstić information content (AvgIpc) is 2.69. The van der Waals surface area contributed by atoms with E-state index in [0.717, 1.165) is 19.3 Å². The summed E-state index contributed by atoms with van der Waals surface area (Å²) in [5.41, 5.74) is 6.95. The molecule has 1 aromatic heterocycles. The van der Waals surface area contributed by atoms with Gasteiger partial charge in [0, 0.05) is 18.8 Å². The van der Waals surface area contributed by atoms with E-state index >= 15 is 0 Å². The molecule has 3 N–H and O–H groups in total. The van der Waals surface area contributed by atoms with Gasteiger partial charge in [0.15, 0.2) is 5.69 Å². The van der Waals surface area contributed by atoms with E-state index in [1.165, 1.54) is 6.42 Å². The van der Waals surface area contributed by atoms with Crippen LogP contribution in [-0.4, -0.2) is 21.7 Å². The number of carbonyl (C=O) groups is 1. The molecular weight excluding hydrogens is 240 g/mol. The van der Waals surface area contributed by atoms with Crippen LogP contribution >= 0.6 is 0 Å². The maximum absolute atomic E-state index is 12.2. The van der Waals surface area contributed by atoms with Crippen LogP contribution < -0.4 is 11.1 Å². The molecule has 1 unspecified atom stereocenters. The summed E-state index contributed by atoms with van der Waals surface area (Å²) in [5.74, 6) is -0.146. The second-order valence-electron chi connectivity index (χ2n) is 6.22. The fourth-order valence-electron chi connectivity index (χ4n) is 2.85. The van der Waals surface area contributed by atoms with Gasteiger partial charge in [-0.2, -0.15) is 5.10 Å². The fourth-order valence-corrected chi connectivity index (χ4v) is 2.85. The second kappa shape index (κ2) is 5.23. The molecule has 19 heavy (non-hydrogen) atoms. The van der Waals surface area contributed by atoms with E-state index in [9.17, 15) is 4.79 Å². The van der Waals surface area contributed by atoms with Crippen LogP contribution in [0.15, 0.2) is 6.20 Å². The minimum Gasteiger partial charge on any atom is -0.396 e. The highest BCUT2D eigenvalue weighted by Crippen LogP contribution is 2.35. The molecule has 0 aliphatic heterocycles. The lowest BCUT2D eigenvalue weighted by atomic mass is 9.75. The number of rotatable bonds is 3. The van der Waals surface area contributed by atoms with E-state index in [1.807, 2.05) is 6.92 Å². The summed E-state index contributed by atoms with van der Waals surface area (Å²) in [7, 11) is 0. The van der Waals surface area contributed by atoms with Crippen LogP contribution in [0, 0.1) is 5.41 Å². The number of nitrogens with one attached hydrogen (secondary N) is 1. The number of aryl methyl sites for hydroxylation is 1. The van der Waals surface area contributed by atoms with Crippen molar-refractivity contribution in [2.24, 2.45) is 5.41 Å². The van der Waals surface area contributed by atoms with Crippen LogP contribution in [0.25, 0.3) is 0 Å². The molecule has 0 bridgehead atoms. The molecule has 5 nitrogen and oxygen atoms in total. The van der Waals surface area contributed by atoms with Crippen molar-refractivity contribution in [1.29, 1.82) is 0 Å². The summed E-state index contributed by atoms with van der Waals surface area (Å²) < 4.78 is 1.69. The second-order valence-corrected chi connectivity index (χ2v) is 6.22. The molecule has 0 saturated heterocycles. The normalized spacial score (nSPS) is 22.2. The lowest BCUT2D eigenvalue weighted by Gasteiger charge is -2.35. The molecule has 106 valence electrons. The van der Waals surface area contributed by atoms with Crippen LogP contribution in [0.3, 0.4) is 0 Å². The number of carbonyl (C=O) groups excluding carboxylic acids is 1. The Hall–Kier alpha value is -1.52. The minimum absolute atomic E-state index is 0.146. The zero-order chi connectivity index (χ0) is 14.0. The Kier molecular flexibility index (Phi) is 3.83. The first kappa shape index (κ1) is 13.9. The number of nitrogen functional groups attached to an aromatic ring is 1. The smallest absolute Gasteiger partial charge is 0.274 e. The monoisotopic (exact) mass is 264 g/mol. The Morgan fingerprint density at radius 2 is 2.37 bits per heavy atom. The third kappa shape index (κ3) is 3.28. The molecule has 1 aromatic rings. The van der Waals surface area contributed by atoms with E-state index in [0.29, 0.717) is 23.3 Å². The van der Waals surface area contributed by atoms with Crippen LogP contribution in [0.1, 0.15) is 56.9 Å². The van der Waals surface area contributed by atoms with Gasteiger partial charge >= 0.3 is 0 Å². The zero-order valence-electron chi connectivity index (χ0n) is 12.1. The van der Waals surface area contributed by atoms with Crippen molar-refractivity contribution >= 4 is 11.6 Å². The van der Waals surface area contributed by atoms with Crippen LogP contribution in [0.2, 0.25) is 0 Å². The van der Waals surface area contributed by atoms with Gasteiger partial charge in [-0.25, -0.2) is 0 Å². The Labute approximate surface area is 114 Å². The third-order valence-electron chi connectivity index (χ3n) is 3.87. The Morgan fingerprint density at radius 1 is 1.63 bits per heavy atom. The van der Waals surface area contributed by atoms with Crippen LogP contribution in [0.5, 0.6) is 0 Å². The molecule has 0 aromatic carbocycles. The first-order chi connectivity index (χ1) is 8.91. The van der Waals surface area contributed by atoms with E-state index in [4.69, 9.17) is 5.73 Å². The highest BCUT2D eigenvalue weighted by Gasteiger charge is 2.29. The molecule has 0 radical (unpaired) electrons. The van der Waals surface area contributed by atoms with E-state index in [1.54, 1.807) is 10.9 Å². The Balaban J connectivity index is 2.02.